The van der Waals surface area contributed by atoms with Crippen molar-refractivity contribution in [2.45, 2.75) is 13.3 Å². The van der Waals surface area contributed by atoms with Gasteiger partial charge in [0.05, 0.1) is 5.75 Å². The third-order valence-electron chi connectivity index (χ3n) is 0.828. The second kappa shape index (κ2) is 3.98. The molecule has 60 valence electrons. The van der Waals surface area contributed by atoms with Crippen LogP contribution in [0.4, 0.5) is 0 Å². The first-order valence-corrected chi connectivity index (χ1v) is 6.21. The Morgan fingerprint density at radius 1 is 1.50 bits per heavy atom. The van der Waals surface area contributed by atoms with E-state index in [0.29, 0.717) is 17.2 Å². The van der Waals surface area contributed by atoms with Crippen LogP contribution in [-0.4, -0.2) is 26.2 Å². The van der Waals surface area contributed by atoms with Crippen molar-refractivity contribution in [3.63, 3.8) is 0 Å². The van der Waals surface area contributed by atoms with Crippen LogP contribution in [0.25, 0.3) is 0 Å². The zero-order valence-corrected chi connectivity index (χ0v) is 7.59. The molecule has 5 heteroatoms. The molecule has 0 aromatic rings. The maximum Gasteiger partial charge on any atom is 0.199 e. The summed E-state index contributed by atoms with van der Waals surface area (Å²) in [6.07, 6.45) is 1.50. The van der Waals surface area contributed by atoms with Crippen LogP contribution in [0.2, 0.25) is 0 Å². The lowest BCUT2D eigenvalue weighted by molar-refractivity contribution is -0.116. The second-order valence-electron chi connectivity index (χ2n) is 1.86. The van der Waals surface area contributed by atoms with Gasteiger partial charge in [-0.1, -0.05) is 6.92 Å². The largest absolute Gasteiger partial charge is 0.299 e. The second-order valence-corrected chi connectivity index (χ2v) is 6.31. The van der Waals surface area contributed by atoms with Gasteiger partial charge >= 0.3 is 0 Å². The predicted molar refractivity (Wildman–Crippen MR) is 42.6 cm³/mol. The van der Waals surface area contributed by atoms with Crippen LogP contribution >= 0.6 is 10.8 Å². The average Bonchev–Trinajstić information content (AvgIpc) is 1.81. The Balaban J connectivity index is 3.67. The Morgan fingerprint density at radius 3 is 2.30 bits per heavy atom. The van der Waals surface area contributed by atoms with E-state index < -0.39 is 8.87 Å². The number of ketones is 1. The number of carbonyl (C=O) groups excluding carboxylic acids is 1. The highest BCUT2D eigenvalue weighted by molar-refractivity contribution is 8.72. The topological polar surface area (TPSA) is 51.2 Å². The van der Waals surface area contributed by atoms with E-state index in [1.165, 1.54) is 0 Å². The number of Topliss-reactive ketones (excluding diaryl/α,β-unsaturated/α-hetero) is 1. The van der Waals surface area contributed by atoms with Gasteiger partial charge in [-0.3, -0.25) is 4.79 Å². The highest BCUT2D eigenvalue weighted by Gasteiger charge is 2.05. The maximum absolute atomic E-state index is 10.6. The Labute approximate surface area is 64.5 Å². The molecule has 0 amide bonds. The fourth-order valence-corrected chi connectivity index (χ4v) is 1.86. The van der Waals surface area contributed by atoms with Crippen LogP contribution in [0, 0.1) is 0 Å². The van der Waals surface area contributed by atoms with Gasteiger partial charge in [-0.05, 0) is 10.8 Å². The molecular weight excluding hydrogens is 172 g/mol. The Bertz CT molecular complexity index is 205. The molecule has 0 bridgehead atoms. The van der Waals surface area contributed by atoms with Crippen molar-refractivity contribution in [2.75, 3.05) is 12.0 Å². The summed E-state index contributed by atoms with van der Waals surface area (Å²) in [4.78, 5) is 10.6. The molecule has 3 nitrogen and oxygen atoms in total. The van der Waals surface area contributed by atoms with E-state index in [-0.39, 0.29) is 11.5 Å². The van der Waals surface area contributed by atoms with E-state index in [2.05, 4.69) is 0 Å². The molecule has 0 radical (unpaired) electrons. The smallest absolute Gasteiger partial charge is 0.199 e. The van der Waals surface area contributed by atoms with Crippen molar-refractivity contribution in [1.82, 2.24) is 0 Å². The van der Waals surface area contributed by atoms with Crippen molar-refractivity contribution >= 4 is 25.4 Å². The minimum absolute atomic E-state index is 0.0320. The fourth-order valence-electron chi connectivity index (χ4n) is 0.275. The molecule has 0 fully saturated rings. The van der Waals surface area contributed by atoms with Gasteiger partial charge in [-0.15, -0.1) is 0 Å². The van der Waals surface area contributed by atoms with Crippen LogP contribution in [0.5, 0.6) is 0 Å². The summed E-state index contributed by atoms with van der Waals surface area (Å²) in [7, 11) is -2.34. The van der Waals surface area contributed by atoms with Crippen LogP contribution in [0.1, 0.15) is 13.3 Å². The lowest BCUT2D eigenvalue weighted by Gasteiger charge is -1.93. The lowest BCUT2D eigenvalue weighted by atomic mass is 10.4. The number of carbonyl (C=O) groups is 1. The summed E-state index contributed by atoms with van der Waals surface area (Å²) >= 11 is 0. The molecule has 0 spiro atoms. The van der Waals surface area contributed by atoms with E-state index in [9.17, 15) is 13.2 Å². The SMILES string of the molecule is CCC(=O)CSS(C)(=O)=O. The molecule has 0 rings (SSSR count). The van der Waals surface area contributed by atoms with Crippen molar-refractivity contribution in [1.29, 1.82) is 0 Å². The molecule has 0 aromatic carbocycles. The van der Waals surface area contributed by atoms with Gasteiger partial charge < -0.3 is 0 Å². The fraction of sp³-hybridized carbons (Fsp3) is 0.800. The van der Waals surface area contributed by atoms with Gasteiger partial charge in [-0.25, -0.2) is 8.42 Å². The number of hydrogen-bond donors (Lipinski definition) is 0. The molecule has 0 aliphatic carbocycles. The summed E-state index contributed by atoms with van der Waals surface area (Å²) in [6.45, 7) is 1.71. The zero-order chi connectivity index (χ0) is 8.20. The first kappa shape index (κ1) is 9.97. The van der Waals surface area contributed by atoms with Crippen LogP contribution in [0.3, 0.4) is 0 Å². The highest BCUT2D eigenvalue weighted by Crippen LogP contribution is 2.09. The summed E-state index contributed by atoms with van der Waals surface area (Å²) in [6, 6.07) is 0. The first-order chi connectivity index (χ1) is 4.45. The van der Waals surface area contributed by atoms with Gasteiger partial charge in [-0.2, -0.15) is 0 Å². The lowest BCUT2D eigenvalue weighted by Crippen LogP contribution is -2.01. The standard InChI is InChI=1S/C5H10O3S2/c1-3-5(6)4-9-10(2,7)8/h3-4H2,1-2H3. The van der Waals surface area contributed by atoms with Crippen molar-refractivity contribution in [3.8, 4) is 0 Å². The molecule has 0 atom stereocenters. The van der Waals surface area contributed by atoms with E-state index >= 15 is 0 Å². The third kappa shape index (κ3) is 6.10. The minimum Gasteiger partial charge on any atom is -0.299 e. The van der Waals surface area contributed by atoms with Gasteiger partial charge in [0.2, 0.25) is 0 Å². The summed E-state index contributed by atoms with van der Waals surface area (Å²) in [5.41, 5.74) is 0. The Hall–Kier alpha value is -0.0300. The van der Waals surface area contributed by atoms with Gasteiger partial charge in [0, 0.05) is 12.7 Å². The van der Waals surface area contributed by atoms with E-state index in [0.717, 1.165) is 6.26 Å². The monoisotopic (exact) mass is 182 g/mol. The molecule has 0 saturated carbocycles. The normalized spacial score (nSPS) is 11.4. The molecular formula is C5H10O3S2. The molecule has 0 aromatic heterocycles. The number of rotatable bonds is 4. The molecule has 0 N–H and O–H groups in total. The van der Waals surface area contributed by atoms with Gasteiger partial charge in [0.15, 0.2) is 8.87 Å². The van der Waals surface area contributed by atoms with Crippen molar-refractivity contribution in [3.05, 3.63) is 0 Å². The quantitative estimate of drug-likeness (QED) is 0.599. The maximum atomic E-state index is 10.6. The predicted octanol–water partition coefficient (Wildman–Crippen LogP) is 0.658. The molecule has 0 heterocycles. The Kier molecular flexibility index (Phi) is 3.96. The van der Waals surface area contributed by atoms with Gasteiger partial charge in [0.25, 0.3) is 0 Å². The first-order valence-electron chi connectivity index (χ1n) is 2.82. The van der Waals surface area contributed by atoms with Crippen LogP contribution < -0.4 is 0 Å². The minimum atomic E-state index is -3.03. The number of hydrogen-bond acceptors (Lipinski definition) is 4. The molecule has 0 saturated heterocycles. The van der Waals surface area contributed by atoms with E-state index in [1.54, 1.807) is 6.92 Å². The average molecular weight is 182 g/mol. The summed E-state index contributed by atoms with van der Waals surface area (Å²) in [5, 5.41) is 0. The van der Waals surface area contributed by atoms with E-state index in [4.69, 9.17) is 0 Å². The molecule has 0 aliphatic heterocycles. The van der Waals surface area contributed by atoms with E-state index in [1.807, 2.05) is 0 Å². The van der Waals surface area contributed by atoms with Crippen LogP contribution in [0.15, 0.2) is 0 Å². The zero-order valence-electron chi connectivity index (χ0n) is 5.96. The van der Waals surface area contributed by atoms with Gasteiger partial charge in [0.1, 0.15) is 5.78 Å². The molecule has 10 heavy (non-hydrogen) atoms. The Morgan fingerprint density at radius 2 is 2.00 bits per heavy atom. The summed E-state index contributed by atoms with van der Waals surface area (Å²) in [5.74, 6) is 0.0467. The molecule has 0 unspecified atom stereocenters. The molecule has 0 aliphatic rings. The van der Waals surface area contributed by atoms with Crippen molar-refractivity contribution in [2.24, 2.45) is 0 Å². The highest BCUT2D eigenvalue weighted by atomic mass is 33.1. The van der Waals surface area contributed by atoms with Crippen LogP contribution in [-0.2, 0) is 13.7 Å². The third-order valence-corrected chi connectivity index (χ3v) is 3.33. The van der Waals surface area contributed by atoms with Crippen molar-refractivity contribution < 1.29 is 13.2 Å². The summed E-state index contributed by atoms with van der Waals surface area (Å²) < 4.78 is 20.9.